The molecule has 0 spiro atoms. The summed E-state index contributed by atoms with van der Waals surface area (Å²) >= 11 is 6.19. The molecule has 150 valence electrons. The Morgan fingerprint density at radius 1 is 1.36 bits per heavy atom. The Balaban J connectivity index is 2.35. The molecule has 0 aliphatic heterocycles. The number of anilines is 1. The maximum Gasteiger partial charge on any atom is 0.288 e. The Kier molecular flexibility index (Phi) is 6.89. The number of pyridine rings is 1. The van der Waals surface area contributed by atoms with E-state index in [9.17, 15) is 22.4 Å². The summed E-state index contributed by atoms with van der Waals surface area (Å²) in [4.78, 5) is 19.5. The summed E-state index contributed by atoms with van der Waals surface area (Å²) in [5.74, 6) is -7.86. The van der Waals surface area contributed by atoms with Gasteiger partial charge in [-0.25, -0.2) is 13.8 Å². The summed E-state index contributed by atoms with van der Waals surface area (Å²) < 4.78 is 57.4. The Morgan fingerprint density at radius 3 is 2.61 bits per heavy atom. The Morgan fingerprint density at radius 2 is 2.04 bits per heavy atom. The third-order valence-electron chi connectivity index (χ3n) is 3.63. The van der Waals surface area contributed by atoms with Crippen LogP contribution in [0.3, 0.4) is 0 Å². The summed E-state index contributed by atoms with van der Waals surface area (Å²) in [7, 11) is 1.31. The van der Waals surface area contributed by atoms with E-state index in [-0.39, 0.29) is 21.6 Å². The van der Waals surface area contributed by atoms with Gasteiger partial charge in [-0.15, -0.1) is 0 Å². The fourth-order valence-electron chi connectivity index (χ4n) is 2.14. The summed E-state index contributed by atoms with van der Waals surface area (Å²) in [5.41, 5.74) is 3.77. The van der Waals surface area contributed by atoms with Crippen molar-refractivity contribution < 1.29 is 22.4 Å². The van der Waals surface area contributed by atoms with E-state index in [1.807, 2.05) is 0 Å². The molecular formula is C17H15ClF4N4OS. The maximum absolute atomic E-state index is 14.7. The van der Waals surface area contributed by atoms with E-state index in [2.05, 4.69) is 15.3 Å². The lowest BCUT2D eigenvalue weighted by molar-refractivity contribution is -0.00573. The molecule has 28 heavy (non-hydrogen) atoms. The van der Waals surface area contributed by atoms with Crippen molar-refractivity contribution in [2.75, 3.05) is 12.4 Å². The molecule has 11 heteroatoms. The van der Waals surface area contributed by atoms with Crippen LogP contribution in [0.2, 0.25) is 5.02 Å². The number of hydrogen-bond donors (Lipinski definition) is 2. The van der Waals surface area contributed by atoms with Gasteiger partial charge in [0, 0.05) is 25.0 Å². The van der Waals surface area contributed by atoms with E-state index in [1.165, 1.54) is 25.4 Å². The van der Waals surface area contributed by atoms with Crippen molar-refractivity contribution in [2.24, 2.45) is 10.7 Å². The second-order valence-electron chi connectivity index (χ2n) is 5.58. The fourth-order valence-corrected chi connectivity index (χ4v) is 2.99. The predicted octanol–water partition coefficient (Wildman–Crippen LogP) is 4.42. The van der Waals surface area contributed by atoms with Crippen molar-refractivity contribution in [2.45, 2.75) is 18.1 Å². The number of benzene rings is 1. The van der Waals surface area contributed by atoms with Gasteiger partial charge in [-0.1, -0.05) is 23.4 Å². The first-order chi connectivity index (χ1) is 13.1. The molecule has 0 aliphatic carbocycles. The van der Waals surface area contributed by atoms with Crippen LogP contribution in [-0.2, 0) is 5.92 Å². The highest BCUT2D eigenvalue weighted by atomic mass is 35.5. The number of carbonyl (C=O) groups excluding carboxylic acids is 1. The van der Waals surface area contributed by atoms with Crippen LogP contribution in [0.15, 0.2) is 35.5 Å². The number of nitrogens with one attached hydrogen (secondary N) is 1. The first-order valence-corrected chi connectivity index (χ1v) is 9.01. The zero-order valence-electron chi connectivity index (χ0n) is 14.6. The second kappa shape index (κ2) is 8.78. The number of rotatable bonds is 5. The molecule has 2 rings (SSSR count). The lowest BCUT2D eigenvalue weighted by Gasteiger charge is -2.24. The average molecular weight is 435 g/mol. The molecule has 0 saturated heterocycles. The molecule has 1 heterocycles. The Hall–Kier alpha value is -2.33. The van der Waals surface area contributed by atoms with Crippen LogP contribution in [0.1, 0.15) is 23.0 Å². The minimum atomic E-state index is -3.80. The van der Waals surface area contributed by atoms with Crippen LogP contribution in [0.4, 0.5) is 23.2 Å². The smallest absolute Gasteiger partial charge is 0.288 e. The molecule has 1 aromatic heterocycles. The number of amides is 1. The Bertz CT molecular complexity index is 909. The maximum atomic E-state index is 14.7. The van der Waals surface area contributed by atoms with Crippen LogP contribution in [0, 0.1) is 11.6 Å². The minimum absolute atomic E-state index is 0.0849. The van der Waals surface area contributed by atoms with E-state index in [1.54, 1.807) is 0 Å². The molecule has 3 N–H and O–H groups in total. The van der Waals surface area contributed by atoms with E-state index in [0.29, 0.717) is 23.9 Å². The highest BCUT2D eigenvalue weighted by Crippen LogP contribution is 2.41. The van der Waals surface area contributed by atoms with Gasteiger partial charge in [0.2, 0.25) is 0 Å². The number of amidine groups is 1. The third-order valence-corrected chi connectivity index (χ3v) is 4.93. The topological polar surface area (TPSA) is 80.4 Å². The third kappa shape index (κ3) is 4.93. The number of halogens is 5. The van der Waals surface area contributed by atoms with E-state index >= 15 is 0 Å². The van der Waals surface area contributed by atoms with Crippen LogP contribution < -0.4 is 11.1 Å². The summed E-state index contributed by atoms with van der Waals surface area (Å²) in [6.45, 7) is 1.10. The second-order valence-corrected chi connectivity index (χ2v) is 7.38. The van der Waals surface area contributed by atoms with Crippen molar-refractivity contribution in [3.05, 3.63) is 58.4 Å². The zero-order valence-corrected chi connectivity index (χ0v) is 16.2. The lowest BCUT2D eigenvalue weighted by Crippen LogP contribution is -2.30. The molecule has 0 aliphatic rings. The van der Waals surface area contributed by atoms with Gasteiger partial charge in [0.25, 0.3) is 11.8 Å². The lowest BCUT2D eigenvalue weighted by atomic mass is 10.0. The van der Waals surface area contributed by atoms with Gasteiger partial charge in [-0.2, -0.15) is 8.78 Å². The highest BCUT2D eigenvalue weighted by molar-refractivity contribution is 8.14. The van der Waals surface area contributed by atoms with Crippen molar-refractivity contribution in [1.29, 1.82) is 0 Å². The molecular weight excluding hydrogens is 420 g/mol. The molecule has 1 aromatic carbocycles. The normalized spacial score (nSPS) is 13.3. The van der Waals surface area contributed by atoms with Crippen molar-refractivity contribution in [1.82, 2.24) is 4.98 Å². The first-order valence-electron chi connectivity index (χ1n) is 7.75. The minimum Gasteiger partial charge on any atom is -0.379 e. The van der Waals surface area contributed by atoms with Gasteiger partial charge < -0.3 is 11.1 Å². The fraction of sp³-hybridized carbons (Fsp3) is 0.235. The molecule has 0 bridgehead atoms. The number of nitrogens with zero attached hydrogens (tertiary/aromatic N) is 2. The predicted molar refractivity (Wildman–Crippen MR) is 102 cm³/mol. The molecule has 0 radical (unpaired) electrons. The summed E-state index contributed by atoms with van der Waals surface area (Å²) in [6, 6.07) is 3.95. The molecule has 2 aromatic rings. The molecule has 1 amide bonds. The van der Waals surface area contributed by atoms with Gasteiger partial charge in [-0.05, 0) is 25.1 Å². The van der Waals surface area contributed by atoms with Crippen LogP contribution in [0.25, 0.3) is 0 Å². The quantitative estimate of drug-likeness (QED) is 0.414. The Labute approximate surface area is 167 Å². The van der Waals surface area contributed by atoms with Gasteiger partial charge in [0.1, 0.15) is 5.69 Å². The van der Waals surface area contributed by atoms with Crippen LogP contribution in [-0.4, -0.2) is 28.4 Å². The van der Waals surface area contributed by atoms with Crippen molar-refractivity contribution in [3.8, 4) is 0 Å². The van der Waals surface area contributed by atoms with E-state index < -0.39 is 34.3 Å². The first kappa shape index (κ1) is 22.0. The summed E-state index contributed by atoms with van der Waals surface area (Å²) in [5, 5.41) is 0.814. The monoisotopic (exact) mass is 434 g/mol. The molecule has 5 nitrogen and oxygen atoms in total. The number of carbonyl (C=O) groups is 1. The van der Waals surface area contributed by atoms with Gasteiger partial charge in [-0.3, -0.25) is 9.79 Å². The SMILES string of the molecule is CN=C(N)S[C@H](C)C(F)(F)c1cc(NC(=O)c2ccc(Cl)cn2)cc(F)c1F. The number of aromatic nitrogens is 1. The van der Waals surface area contributed by atoms with E-state index in [4.69, 9.17) is 17.3 Å². The molecule has 1 atom stereocenters. The van der Waals surface area contributed by atoms with Gasteiger partial charge in [0.15, 0.2) is 16.8 Å². The van der Waals surface area contributed by atoms with E-state index in [0.717, 1.165) is 6.92 Å². The molecule has 0 fully saturated rings. The van der Waals surface area contributed by atoms with Crippen LogP contribution in [0.5, 0.6) is 0 Å². The van der Waals surface area contributed by atoms with Gasteiger partial charge >= 0.3 is 0 Å². The number of nitrogens with two attached hydrogens (primary N) is 1. The number of aliphatic imine (C=N–C) groups is 1. The van der Waals surface area contributed by atoms with Crippen molar-refractivity contribution in [3.63, 3.8) is 0 Å². The number of hydrogen-bond acceptors (Lipinski definition) is 4. The van der Waals surface area contributed by atoms with Crippen LogP contribution >= 0.6 is 23.4 Å². The highest BCUT2D eigenvalue weighted by Gasteiger charge is 2.43. The number of alkyl halides is 2. The largest absolute Gasteiger partial charge is 0.379 e. The molecule has 0 saturated carbocycles. The zero-order chi connectivity index (χ0) is 21.1. The number of thioether (sulfide) groups is 1. The average Bonchev–Trinajstić information content (AvgIpc) is 2.64. The van der Waals surface area contributed by atoms with Crippen molar-refractivity contribution >= 4 is 40.1 Å². The standard InChI is InChI=1S/C17H15ClF4N4OS/c1-8(28-16(23)24-2)17(21,22)11-5-10(6-12(19)14(11)20)26-15(27)13-4-3-9(18)7-25-13/h3-8H,1-2H3,(H2,23,24)(H,26,27)/t8-/m1/s1. The molecule has 0 unspecified atom stereocenters. The van der Waals surface area contributed by atoms with Gasteiger partial charge in [0.05, 0.1) is 15.8 Å². The summed E-state index contributed by atoms with van der Waals surface area (Å²) in [6.07, 6.45) is 1.21.